The summed E-state index contributed by atoms with van der Waals surface area (Å²) < 4.78 is 4.91. The number of aliphatic imine (C=N–C) groups is 1. The number of anilines is 1. The predicted octanol–water partition coefficient (Wildman–Crippen LogP) is 1.11. The second kappa shape index (κ2) is 3.94. The van der Waals surface area contributed by atoms with Crippen molar-refractivity contribution in [1.82, 2.24) is 4.98 Å². The van der Waals surface area contributed by atoms with Crippen LogP contribution in [-0.2, 0) is 9.53 Å². The number of hydrogen-bond acceptors (Lipinski definition) is 5. The van der Waals surface area contributed by atoms with Crippen molar-refractivity contribution in [2.45, 2.75) is 6.92 Å². The Bertz CT molecular complexity index is 790. The normalized spacial score (nSPS) is 12.6. The first kappa shape index (κ1) is 11.5. The lowest BCUT2D eigenvalue weighted by Crippen LogP contribution is -2.28. The monoisotopic (exact) mass is 257 g/mol. The minimum Gasteiger partial charge on any atom is -0.461 e. The van der Waals surface area contributed by atoms with Crippen molar-refractivity contribution in [3.63, 3.8) is 0 Å². The van der Waals surface area contributed by atoms with E-state index in [-0.39, 0.29) is 23.6 Å². The maximum absolute atomic E-state index is 11.8. The van der Waals surface area contributed by atoms with Crippen LogP contribution in [0.5, 0.6) is 0 Å². The van der Waals surface area contributed by atoms with Gasteiger partial charge in [0.25, 0.3) is 5.56 Å². The van der Waals surface area contributed by atoms with Crippen LogP contribution in [0.2, 0.25) is 0 Å². The molecule has 0 bridgehead atoms. The highest BCUT2D eigenvalue weighted by Gasteiger charge is 2.31. The van der Waals surface area contributed by atoms with Crippen LogP contribution < -0.4 is 11.3 Å². The van der Waals surface area contributed by atoms with Crippen molar-refractivity contribution >= 4 is 34.0 Å². The van der Waals surface area contributed by atoms with Crippen LogP contribution in [-0.4, -0.2) is 23.3 Å². The van der Waals surface area contributed by atoms with Crippen LogP contribution >= 0.6 is 0 Å². The highest BCUT2D eigenvalue weighted by atomic mass is 16.5. The second-order valence-electron chi connectivity index (χ2n) is 4.16. The molecule has 6 heteroatoms. The van der Waals surface area contributed by atoms with E-state index in [0.29, 0.717) is 22.2 Å². The number of ether oxygens (including phenoxy) is 1. The molecule has 1 aromatic carbocycles. The van der Waals surface area contributed by atoms with E-state index in [4.69, 9.17) is 10.5 Å². The minimum atomic E-state index is -0.524. The fraction of sp³-hybridized carbons (Fsp3) is 0.154. The number of hydrogen-bond donors (Lipinski definition) is 2. The highest BCUT2D eigenvalue weighted by molar-refractivity contribution is 6.50. The van der Waals surface area contributed by atoms with Crippen LogP contribution in [0.4, 0.5) is 11.4 Å². The van der Waals surface area contributed by atoms with Crippen molar-refractivity contribution in [1.29, 1.82) is 0 Å². The molecule has 0 radical (unpaired) electrons. The van der Waals surface area contributed by atoms with Crippen molar-refractivity contribution in [2.24, 2.45) is 4.99 Å². The van der Waals surface area contributed by atoms with Gasteiger partial charge in [-0.3, -0.25) is 4.79 Å². The summed E-state index contributed by atoms with van der Waals surface area (Å²) in [5.74, 6) is -0.524. The number of nitrogens with one attached hydrogen (secondary N) is 1. The van der Waals surface area contributed by atoms with Crippen molar-refractivity contribution < 1.29 is 9.53 Å². The molecule has 6 nitrogen and oxygen atoms in total. The quantitative estimate of drug-likeness (QED) is 0.622. The molecule has 1 aliphatic heterocycles. The lowest BCUT2D eigenvalue weighted by atomic mass is 9.97. The van der Waals surface area contributed by atoms with E-state index in [2.05, 4.69) is 9.98 Å². The SMILES string of the molecule is CCOC(=O)C1=Nc2c1c1cc(N)ccc1[nH]c2=O. The molecule has 0 fully saturated rings. The number of rotatable bonds is 2. The van der Waals surface area contributed by atoms with E-state index in [0.717, 1.165) is 0 Å². The van der Waals surface area contributed by atoms with Crippen LogP contribution in [0.25, 0.3) is 10.9 Å². The van der Waals surface area contributed by atoms with Crippen molar-refractivity contribution in [3.05, 3.63) is 34.1 Å². The van der Waals surface area contributed by atoms with Crippen molar-refractivity contribution in [3.8, 4) is 0 Å². The predicted molar refractivity (Wildman–Crippen MR) is 71.8 cm³/mol. The zero-order valence-electron chi connectivity index (χ0n) is 10.2. The van der Waals surface area contributed by atoms with Gasteiger partial charge in [-0.25, -0.2) is 9.79 Å². The summed E-state index contributed by atoms with van der Waals surface area (Å²) >= 11 is 0. The number of esters is 1. The molecule has 0 amide bonds. The van der Waals surface area contributed by atoms with Gasteiger partial charge in [0.2, 0.25) is 0 Å². The molecule has 1 aromatic heterocycles. The summed E-state index contributed by atoms with van der Waals surface area (Å²) in [5, 5.41) is 0.702. The van der Waals surface area contributed by atoms with Crippen LogP contribution in [0.3, 0.4) is 0 Å². The molecule has 3 rings (SSSR count). The Morgan fingerprint density at radius 1 is 1.47 bits per heavy atom. The van der Waals surface area contributed by atoms with E-state index in [1.165, 1.54) is 0 Å². The number of benzene rings is 1. The van der Waals surface area contributed by atoms with Crippen molar-refractivity contribution in [2.75, 3.05) is 12.3 Å². The molecule has 96 valence electrons. The largest absolute Gasteiger partial charge is 0.461 e. The number of aromatic nitrogens is 1. The molecular weight excluding hydrogens is 246 g/mol. The van der Waals surface area contributed by atoms with Crippen LogP contribution in [0.15, 0.2) is 28.0 Å². The average molecular weight is 257 g/mol. The number of nitrogen functional groups attached to an aromatic ring is 1. The smallest absolute Gasteiger partial charge is 0.357 e. The summed E-state index contributed by atoms with van der Waals surface area (Å²) in [6.07, 6.45) is 0. The van der Waals surface area contributed by atoms with Gasteiger partial charge >= 0.3 is 5.97 Å². The third-order valence-electron chi connectivity index (χ3n) is 2.94. The first-order valence-electron chi connectivity index (χ1n) is 5.83. The average Bonchev–Trinajstić information content (AvgIpc) is 2.30. The maximum atomic E-state index is 11.8. The van der Waals surface area contributed by atoms with Gasteiger partial charge in [-0.15, -0.1) is 0 Å². The van der Waals surface area contributed by atoms with Gasteiger partial charge in [0.1, 0.15) is 5.69 Å². The van der Waals surface area contributed by atoms with Gasteiger partial charge in [0.05, 0.1) is 6.61 Å². The molecule has 1 aliphatic rings. The summed E-state index contributed by atoms with van der Waals surface area (Å²) in [4.78, 5) is 30.1. The van der Waals surface area contributed by atoms with Gasteiger partial charge in [-0.1, -0.05) is 0 Å². The third-order valence-corrected chi connectivity index (χ3v) is 2.94. The van der Waals surface area contributed by atoms with E-state index in [9.17, 15) is 9.59 Å². The molecule has 0 atom stereocenters. The van der Waals surface area contributed by atoms with E-state index >= 15 is 0 Å². The lowest BCUT2D eigenvalue weighted by molar-refractivity contribution is -0.135. The number of aromatic amines is 1. The molecule has 2 aromatic rings. The molecule has 3 N–H and O–H groups in total. The number of nitrogens with zero attached hydrogens (tertiary/aromatic N) is 1. The van der Waals surface area contributed by atoms with Gasteiger partial charge in [0.15, 0.2) is 5.71 Å². The Hall–Kier alpha value is -2.63. The fourth-order valence-electron chi connectivity index (χ4n) is 2.11. The molecule has 0 spiro atoms. The summed E-state index contributed by atoms with van der Waals surface area (Å²) in [6.45, 7) is 1.97. The maximum Gasteiger partial charge on any atom is 0.357 e. The zero-order chi connectivity index (χ0) is 13.6. The standard InChI is InChI=1S/C13H11N3O3/c1-2-19-13(18)11-9-7-5-6(14)3-4-8(7)15-12(17)10(9)16-11/h3-5H,2,14H2,1H3,(H,15,17). The fourth-order valence-corrected chi connectivity index (χ4v) is 2.11. The highest BCUT2D eigenvalue weighted by Crippen LogP contribution is 2.33. The number of carbonyl (C=O) groups excluding carboxylic acids is 1. The molecular formula is C13H11N3O3. The summed E-state index contributed by atoms with van der Waals surface area (Å²) in [5.41, 5.74) is 7.54. The lowest BCUT2D eigenvalue weighted by Gasteiger charge is -2.18. The molecule has 0 aliphatic carbocycles. The van der Waals surface area contributed by atoms with Gasteiger partial charge in [0, 0.05) is 22.2 Å². The van der Waals surface area contributed by atoms with Crippen LogP contribution in [0.1, 0.15) is 12.5 Å². The number of pyridine rings is 1. The Morgan fingerprint density at radius 2 is 2.26 bits per heavy atom. The Labute approximate surface area is 107 Å². The first-order valence-corrected chi connectivity index (χ1v) is 5.83. The molecule has 0 saturated carbocycles. The Kier molecular flexibility index (Phi) is 2.38. The second-order valence-corrected chi connectivity index (χ2v) is 4.16. The molecule has 0 unspecified atom stereocenters. The van der Waals surface area contributed by atoms with Gasteiger partial charge < -0.3 is 15.5 Å². The van der Waals surface area contributed by atoms with Crippen LogP contribution in [0, 0.1) is 0 Å². The number of nitrogens with two attached hydrogens (primary N) is 1. The van der Waals surface area contributed by atoms with E-state index < -0.39 is 5.97 Å². The third kappa shape index (κ3) is 1.61. The topological polar surface area (TPSA) is 97.5 Å². The number of carbonyl (C=O) groups is 1. The van der Waals surface area contributed by atoms with Gasteiger partial charge in [-0.05, 0) is 25.1 Å². The van der Waals surface area contributed by atoms with Gasteiger partial charge in [-0.2, -0.15) is 0 Å². The molecule has 2 heterocycles. The Balaban J connectivity index is 2.23. The number of fused-ring (bicyclic) bond motifs is 3. The number of H-pyrrole nitrogens is 1. The van der Waals surface area contributed by atoms with E-state index in [1.54, 1.807) is 25.1 Å². The molecule has 0 saturated heterocycles. The molecule has 19 heavy (non-hydrogen) atoms. The minimum absolute atomic E-state index is 0.179. The van der Waals surface area contributed by atoms with E-state index in [1.807, 2.05) is 0 Å². The first-order chi connectivity index (χ1) is 9.11. The zero-order valence-corrected chi connectivity index (χ0v) is 10.2. The Morgan fingerprint density at radius 3 is 3.00 bits per heavy atom. The summed E-state index contributed by atoms with van der Waals surface area (Å²) in [6, 6.07) is 5.09. The summed E-state index contributed by atoms with van der Waals surface area (Å²) in [7, 11) is 0.